The molecular formula is C21H19F2N3O. The zero-order chi connectivity index (χ0) is 19.0. The first-order valence-electron chi connectivity index (χ1n) is 8.97. The number of aromatic nitrogens is 2. The van der Waals surface area contributed by atoms with Crippen LogP contribution >= 0.6 is 0 Å². The van der Waals surface area contributed by atoms with E-state index in [4.69, 9.17) is 0 Å². The molecule has 1 aromatic heterocycles. The van der Waals surface area contributed by atoms with Crippen molar-refractivity contribution in [1.29, 1.82) is 0 Å². The predicted octanol–water partition coefficient (Wildman–Crippen LogP) is 4.59. The molecule has 0 unspecified atom stereocenters. The summed E-state index contributed by atoms with van der Waals surface area (Å²) in [6.45, 7) is 1.79. The molecule has 1 N–H and O–H groups in total. The number of benzene rings is 2. The van der Waals surface area contributed by atoms with Crippen LogP contribution in [0, 0.1) is 18.6 Å². The smallest absolute Gasteiger partial charge is 0.276 e. The van der Waals surface area contributed by atoms with Gasteiger partial charge in [0.1, 0.15) is 11.6 Å². The second kappa shape index (κ2) is 6.95. The highest BCUT2D eigenvalue weighted by Gasteiger charge is 2.26. The summed E-state index contributed by atoms with van der Waals surface area (Å²) in [6, 6.07) is 10.7. The van der Waals surface area contributed by atoms with Crippen LogP contribution in [0.5, 0.6) is 0 Å². The van der Waals surface area contributed by atoms with Gasteiger partial charge in [-0.15, -0.1) is 0 Å². The van der Waals surface area contributed by atoms with Gasteiger partial charge >= 0.3 is 0 Å². The summed E-state index contributed by atoms with van der Waals surface area (Å²) >= 11 is 0. The molecule has 4 nitrogen and oxygen atoms in total. The number of aryl methyl sites for hydroxylation is 1. The number of carbonyl (C=O) groups is 1. The molecule has 0 atom stereocenters. The Labute approximate surface area is 155 Å². The number of halogens is 2. The third-order valence-corrected chi connectivity index (χ3v) is 4.84. The van der Waals surface area contributed by atoms with Crippen molar-refractivity contribution in [3.05, 3.63) is 76.6 Å². The van der Waals surface area contributed by atoms with Gasteiger partial charge in [0.25, 0.3) is 5.91 Å². The van der Waals surface area contributed by atoms with Gasteiger partial charge in [-0.25, -0.2) is 13.5 Å². The van der Waals surface area contributed by atoms with Crippen LogP contribution < -0.4 is 5.32 Å². The van der Waals surface area contributed by atoms with Gasteiger partial charge in [0.2, 0.25) is 0 Å². The molecular weight excluding hydrogens is 348 g/mol. The lowest BCUT2D eigenvalue weighted by atomic mass is 9.95. The fourth-order valence-corrected chi connectivity index (χ4v) is 3.48. The Hall–Kier alpha value is -3.02. The summed E-state index contributed by atoms with van der Waals surface area (Å²) in [5.74, 6) is -1.24. The lowest BCUT2D eigenvalue weighted by molar-refractivity contribution is 0.102. The van der Waals surface area contributed by atoms with Gasteiger partial charge in [-0.05, 0) is 74.6 Å². The van der Waals surface area contributed by atoms with Crippen LogP contribution in [-0.2, 0) is 12.8 Å². The standard InChI is InChI=1S/C21H19F2N3O/c1-13-6-11-18(17(23)12-13)24-21(27)20-16-4-2-3-5-19(16)26(25-20)15-9-7-14(22)8-10-15/h6-12H,2-5H2,1H3,(H,24,27). The molecule has 0 saturated heterocycles. The third-order valence-electron chi connectivity index (χ3n) is 4.84. The molecule has 0 aliphatic heterocycles. The quantitative estimate of drug-likeness (QED) is 0.736. The molecule has 3 aromatic rings. The molecule has 138 valence electrons. The largest absolute Gasteiger partial charge is 0.318 e. The van der Waals surface area contributed by atoms with E-state index >= 15 is 0 Å². The molecule has 0 spiro atoms. The molecule has 1 heterocycles. The van der Waals surface area contributed by atoms with E-state index in [9.17, 15) is 13.6 Å². The molecule has 1 aliphatic rings. The molecule has 4 rings (SSSR count). The van der Waals surface area contributed by atoms with Crippen LogP contribution in [0.4, 0.5) is 14.5 Å². The molecule has 0 radical (unpaired) electrons. The van der Waals surface area contributed by atoms with Crippen molar-refractivity contribution in [3.63, 3.8) is 0 Å². The van der Waals surface area contributed by atoms with Gasteiger partial charge in [-0.1, -0.05) is 6.07 Å². The molecule has 6 heteroatoms. The predicted molar refractivity (Wildman–Crippen MR) is 99.3 cm³/mol. The summed E-state index contributed by atoms with van der Waals surface area (Å²) in [6.07, 6.45) is 3.52. The minimum Gasteiger partial charge on any atom is -0.318 e. The van der Waals surface area contributed by atoms with E-state index in [0.29, 0.717) is 11.4 Å². The highest BCUT2D eigenvalue weighted by atomic mass is 19.1. The molecule has 1 amide bonds. The summed E-state index contributed by atoms with van der Waals surface area (Å²) in [7, 11) is 0. The van der Waals surface area contributed by atoms with Crippen LogP contribution in [0.3, 0.4) is 0 Å². The Morgan fingerprint density at radius 3 is 2.56 bits per heavy atom. The Morgan fingerprint density at radius 2 is 1.81 bits per heavy atom. The second-order valence-electron chi connectivity index (χ2n) is 6.81. The van der Waals surface area contributed by atoms with Crippen molar-refractivity contribution in [2.45, 2.75) is 32.6 Å². The third kappa shape index (κ3) is 3.35. The zero-order valence-electron chi connectivity index (χ0n) is 14.9. The average molecular weight is 367 g/mol. The van der Waals surface area contributed by atoms with Gasteiger partial charge in [0.05, 0.1) is 11.4 Å². The van der Waals surface area contributed by atoms with E-state index in [0.717, 1.165) is 42.5 Å². The van der Waals surface area contributed by atoms with Crippen molar-refractivity contribution >= 4 is 11.6 Å². The number of carbonyl (C=O) groups excluding carboxylic acids is 1. The van der Waals surface area contributed by atoms with Crippen LogP contribution in [0.1, 0.15) is 40.2 Å². The Balaban J connectivity index is 1.72. The van der Waals surface area contributed by atoms with Gasteiger partial charge in [0, 0.05) is 11.3 Å². The highest BCUT2D eigenvalue weighted by Crippen LogP contribution is 2.28. The van der Waals surface area contributed by atoms with Crippen LogP contribution in [0.25, 0.3) is 5.69 Å². The second-order valence-corrected chi connectivity index (χ2v) is 6.81. The van der Waals surface area contributed by atoms with Gasteiger partial charge in [-0.2, -0.15) is 5.10 Å². The van der Waals surface area contributed by atoms with Crippen molar-refractivity contribution in [3.8, 4) is 5.69 Å². The first kappa shape index (κ1) is 17.4. The van der Waals surface area contributed by atoms with Crippen LogP contribution in [0.15, 0.2) is 42.5 Å². The Morgan fingerprint density at radius 1 is 1.07 bits per heavy atom. The van der Waals surface area contributed by atoms with Crippen molar-refractivity contribution < 1.29 is 13.6 Å². The van der Waals surface area contributed by atoms with E-state index in [2.05, 4.69) is 10.4 Å². The zero-order valence-corrected chi connectivity index (χ0v) is 14.9. The van der Waals surface area contributed by atoms with E-state index < -0.39 is 11.7 Å². The number of rotatable bonds is 3. The minimum atomic E-state index is -0.477. The molecule has 27 heavy (non-hydrogen) atoms. The molecule has 0 fully saturated rings. The van der Waals surface area contributed by atoms with Gasteiger partial charge < -0.3 is 5.32 Å². The number of nitrogens with zero attached hydrogens (tertiary/aromatic N) is 2. The fraction of sp³-hybridized carbons (Fsp3) is 0.238. The summed E-state index contributed by atoms with van der Waals surface area (Å²) in [5.41, 5.74) is 3.76. The van der Waals surface area contributed by atoms with Crippen LogP contribution in [-0.4, -0.2) is 15.7 Å². The first-order chi connectivity index (χ1) is 13.0. The summed E-state index contributed by atoms with van der Waals surface area (Å²) < 4.78 is 29.1. The van der Waals surface area contributed by atoms with Gasteiger partial charge in [-0.3, -0.25) is 4.79 Å². The summed E-state index contributed by atoms with van der Waals surface area (Å²) in [5, 5.41) is 7.12. The SMILES string of the molecule is Cc1ccc(NC(=O)c2nn(-c3ccc(F)cc3)c3c2CCCC3)c(F)c1. The average Bonchev–Trinajstić information content (AvgIpc) is 3.04. The summed E-state index contributed by atoms with van der Waals surface area (Å²) in [4.78, 5) is 12.8. The lowest BCUT2D eigenvalue weighted by Gasteiger charge is -2.14. The number of hydrogen-bond acceptors (Lipinski definition) is 2. The first-order valence-corrected chi connectivity index (χ1v) is 8.97. The lowest BCUT2D eigenvalue weighted by Crippen LogP contribution is -2.16. The Bertz CT molecular complexity index is 1010. The molecule has 1 aliphatic carbocycles. The number of fused-ring (bicyclic) bond motifs is 1. The maximum absolute atomic E-state index is 14.1. The van der Waals surface area contributed by atoms with E-state index in [1.165, 1.54) is 18.2 Å². The normalized spacial score (nSPS) is 13.3. The molecule has 2 aromatic carbocycles. The van der Waals surface area contributed by atoms with E-state index in [-0.39, 0.29) is 11.5 Å². The fourth-order valence-electron chi connectivity index (χ4n) is 3.48. The number of amides is 1. The minimum absolute atomic E-state index is 0.131. The molecule has 0 saturated carbocycles. The molecule has 0 bridgehead atoms. The monoisotopic (exact) mass is 367 g/mol. The maximum atomic E-state index is 14.1. The van der Waals surface area contributed by atoms with E-state index in [1.807, 2.05) is 0 Å². The Kier molecular flexibility index (Phi) is 4.48. The number of anilines is 1. The highest BCUT2D eigenvalue weighted by molar-refractivity contribution is 6.04. The van der Waals surface area contributed by atoms with Crippen LogP contribution in [0.2, 0.25) is 0 Å². The van der Waals surface area contributed by atoms with Crippen molar-refractivity contribution in [2.24, 2.45) is 0 Å². The number of hydrogen-bond donors (Lipinski definition) is 1. The topological polar surface area (TPSA) is 46.9 Å². The maximum Gasteiger partial charge on any atom is 0.276 e. The number of nitrogens with one attached hydrogen (secondary N) is 1. The van der Waals surface area contributed by atoms with Crippen molar-refractivity contribution in [1.82, 2.24) is 9.78 Å². The van der Waals surface area contributed by atoms with E-state index in [1.54, 1.807) is 35.9 Å². The van der Waals surface area contributed by atoms with Gasteiger partial charge in [0.15, 0.2) is 5.69 Å². The van der Waals surface area contributed by atoms with Crippen molar-refractivity contribution in [2.75, 3.05) is 5.32 Å².